The summed E-state index contributed by atoms with van der Waals surface area (Å²) < 4.78 is 0. The molecule has 1 amide bonds. The van der Waals surface area contributed by atoms with E-state index in [1.165, 1.54) is 25.7 Å². The normalized spacial score (nSPS) is 25.4. The van der Waals surface area contributed by atoms with Gasteiger partial charge in [-0.3, -0.25) is 4.79 Å². The molecule has 4 heteroatoms. The van der Waals surface area contributed by atoms with Crippen LogP contribution in [0.25, 0.3) is 0 Å². The van der Waals surface area contributed by atoms with E-state index in [4.69, 9.17) is 5.73 Å². The Morgan fingerprint density at radius 3 is 2.95 bits per heavy atom. The van der Waals surface area contributed by atoms with Crippen LogP contribution in [0.2, 0.25) is 0 Å². The second-order valence-electron chi connectivity index (χ2n) is 6.05. The topological polar surface area (TPSA) is 46.3 Å². The number of hydrogen-bond acceptors (Lipinski definition) is 3. The molecule has 1 saturated carbocycles. The molecule has 1 aromatic carbocycles. The van der Waals surface area contributed by atoms with Crippen molar-refractivity contribution < 1.29 is 4.79 Å². The number of nitrogens with two attached hydrogens (primary N) is 1. The highest BCUT2D eigenvalue weighted by Crippen LogP contribution is 2.35. The van der Waals surface area contributed by atoms with Crippen LogP contribution < -0.4 is 5.73 Å². The first-order valence-corrected chi connectivity index (χ1v) is 9.05. The van der Waals surface area contributed by atoms with Crippen LogP contribution in [0.1, 0.15) is 37.7 Å². The molecule has 3 rings (SSSR count). The average molecular weight is 304 g/mol. The van der Waals surface area contributed by atoms with Gasteiger partial charge in [0.15, 0.2) is 0 Å². The molecule has 1 heterocycles. The smallest absolute Gasteiger partial charge is 0.223 e. The lowest BCUT2D eigenvalue weighted by Gasteiger charge is -2.43. The summed E-state index contributed by atoms with van der Waals surface area (Å²) in [5.41, 5.74) is 7.86. The number of para-hydroxylation sites is 1. The van der Waals surface area contributed by atoms with Gasteiger partial charge in [-0.05, 0) is 30.9 Å². The SMILES string of the molecule is Nc1ccccc1CCC(=O)N1CCSC2CCCCC21. The summed E-state index contributed by atoms with van der Waals surface area (Å²) in [7, 11) is 0. The van der Waals surface area contributed by atoms with Crippen LogP contribution >= 0.6 is 11.8 Å². The number of benzene rings is 1. The van der Waals surface area contributed by atoms with Gasteiger partial charge in [0, 0.05) is 35.7 Å². The van der Waals surface area contributed by atoms with Crippen molar-refractivity contribution in [3.63, 3.8) is 0 Å². The summed E-state index contributed by atoms with van der Waals surface area (Å²) in [6.07, 6.45) is 6.42. The lowest BCUT2D eigenvalue weighted by Crippen LogP contribution is -2.51. The minimum absolute atomic E-state index is 0.315. The monoisotopic (exact) mass is 304 g/mol. The molecule has 0 bridgehead atoms. The minimum atomic E-state index is 0.315. The number of rotatable bonds is 3. The number of nitrogens with zero attached hydrogens (tertiary/aromatic N) is 1. The van der Waals surface area contributed by atoms with E-state index in [1.807, 2.05) is 24.3 Å². The largest absolute Gasteiger partial charge is 0.399 e. The zero-order chi connectivity index (χ0) is 14.7. The van der Waals surface area contributed by atoms with Gasteiger partial charge in [0.25, 0.3) is 0 Å². The number of hydrogen-bond donors (Lipinski definition) is 1. The minimum Gasteiger partial charge on any atom is -0.399 e. The van der Waals surface area contributed by atoms with E-state index >= 15 is 0 Å². The highest BCUT2D eigenvalue weighted by molar-refractivity contribution is 8.00. The molecule has 0 radical (unpaired) electrons. The van der Waals surface area contributed by atoms with Crippen LogP contribution in [0.15, 0.2) is 24.3 Å². The Kier molecular flexibility index (Phi) is 4.73. The summed E-state index contributed by atoms with van der Waals surface area (Å²) in [6.45, 7) is 0.926. The van der Waals surface area contributed by atoms with Gasteiger partial charge in [-0.15, -0.1) is 0 Å². The lowest BCUT2D eigenvalue weighted by atomic mass is 9.93. The predicted octanol–water partition coefficient (Wildman–Crippen LogP) is 3.09. The van der Waals surface area contributed by atoms with E-state index in [9.17, 15) is 4.79 Å². The highest BCUT2D eigenvalue weighted by atomic mass is 32.2. The fourth-order valence-corrected chi connectivity index (χ4v) is 5.00. The molecule has 2 aliphatic rings. The van der Waals surface area contributed by atoms with Gasteiger partial charge in [0.05, 0.1) is 0 Å². The Hall–Kier alpha value is -1.16. The molecule has 2 N–H and O–H groups in total. The zero-order valence-corrected chi connectivity index (χ0v) is 13.3. The van der Waals surface area contributed by atoms with Crippen LogP contribution in [0.5, 0.6) is 0 Å². The number of nitrogen functional groups attached to an aromatic ring is 1. The maximum absolute atomic E-state index is 12.6. The van der Waals surface area contributed by atoms with Crippen molar-refractivity contribution in [2.45, 2.75) is 49.8 Å². The number of fused-ring (bicyclic) bond motifs is 1. The highest BCUT2D eigenvalue weighted by Gasteiger charge is 2.35. The molecule has 2 fully saturated rings. The Balaban J connectivity index is 1.60. The third kappa shape index (κ3) is 3.37. The number of carbonyl (C=O) groups excluding carboxylic acids is 1. The van der Waals surface area contributed by atoms with Crippen molar-refractivity contribution in [3.05, 3.63) is 29.8 Å². The predicted molar refractivity (Wildman–Crippen MR) is 89.4 cm³/mol. The molecule has 1 aliphatic carbocycles. The van der Waals surface area contributed by atoms with E-state index in [0.29, 0.717) is 23.6 Å². The molecule has 2 atom stereocenters. The van der Waals surface area contributed by atoms with Gasteiger partial charge in [-0.2, -0.15) is 11.8 Å². The fourth-order valence-electron chi connectivity index (χ4n) is 3.55. The third-order valence-electron chi connectivity index (χ3n) is 4.72. The van der Waals surface area contributed by atoms with Gasteiger partial charge in [0.2, 0.25) is 5.91 Å². The number of thioether (sulfide) groups is 1. The molecular weight excluding hydrogens is 280 g/mol. The molecule has 1 aliphatic heterocycles. The zero-order valence-electron chi connectivity index (χ0n) is 12.5. The Morgan fingerprint density at radius 1 is 1.29 bits per heavy atom. The van der Waals surface area contributed by atoms with E-state index < -0.39 is 0 Å². The number of carbonyl (C=O) groups is 1. The van der Waals surface area contributed by atoms with Gasteiger partial charge in [-0.1, -0.05) is 31.0 Å². The van der Waals surface area contributed by atoms with Crippen LogP contribution in [0.4, 0.5) is 5.69 Å². The van der Waals surface area contributed by atoms with Crippen molar-refractivity contribution in [1.82, 2.24) is 4.90 Å². The molecule has 3 nitrogen and oxygen atoms in total. The molecule has 1 aromatic rings. The maximum atomic E-state index is 12.6. The molecule has 1 saturated heterocycles. The molecule has 2 unspecified atom stereocenters. The Labute approximate surface area is 131 Å². The quantitative estimate of drug-likeness (QED) is 0.873. The first-order chi connectivity index (χ1) is 10.3. The maximum Gasteiger partial charge on any atom is 0.223 e. The molecule has 0 spiro atoms. The first-order valence-electron chi connectivity index (χ1n) is 8.00. The van der Waals surface area contributed by atoms with E-state index in [0.717, 1.165) is 30.0 Å². The van der Waals surface area contributed by atoms with Crippen LogP contribution in [0.3, 0.4) is 0 Å². The van der Waals surface area contributed by atoms with Gasteiger partial charge < -0.3 is 10.6 Å². The number of aryl methyl sites for hydroxylation is 1. The van der Waals surface area contributed by atoms with Crippen LogP contribution in [-0.4, -0.2) is 34.4 Å². The third-order valence-corrected chi connectivity index (χ3v) is 6.11. The summed E-state index contributed by atoms with van der Waals surface area (Å²) in [5, 5.41) is 0.679. The van der Waals surface area contributed by atoms with Crippen molar-refractivity contribution in [2.24, 2.45) is 0 Å². The van der Waals surface area contributed by atoms with Crippen LogP contribution in [-0.2, 0) is 11.2 Å². The van der Waals surface area contributed by atoms with Crippen LogP contribution in [0, 0.1) is 0 Å². The Morgan fingerprint density at radius 2 is 2.10 bits per heavy atom. The summed E-state index contributed by atoms with van der Waals surface area (Å²) >= 11 is 2.07. The molecular formula is C17H24N2OS. The Bertz CT molecular complexity index is 503. The second kappa shape index (κ2) is 6.73. The summed E-state index contributed by atoms with van der Waals surface area (Å²) in [5.74, 6) is 1.41. The molecule has 114 valence electrons. The summed E-state index contributed by atoms with van der Waals surface area (Å²) in [6, 6.07) is 8.35. The molecule has 0 aromatic heterocycles. The fraction of sp³-hybridized carbons (Fsp3) is 0.588. The van der Waals surface area contributed by atoms with Crippen molar-refractivity contribution >= 4 is 23.4 Å². The van der Waals surface area contributed by atoms with Crippen molar-refractivity contribution in [1.29, 1.82) is 0 Å². The van der Waals surface area contributed by atoms with E-state index in [2.05, 4.69) is 16.7 Å². The lowest BCUT2D eigenvalue weighted by molar-refractivity contribution is -0.133. The molecule has 21 heavy (non-hydrogen) atoms. The van der Waals surface area contributed by atoms with Gasteiger partial charge in [-0.25, -0.2) is 0 Å². The van der Waals surface area contributed by atoms with Gasteiger partial charge >= 0.3 is 0 Å². The number of anilines is 1. The van der Waals surface area contributed by atoms with Crippen molar-refractivity contribution in [3.8, 4) is 0 Å². The number of amides is 1. The summed E-state index contributed by atoms with van der Waals surface area (Å²) in [4.78, 5) is 14.8. The first kappa shape index (κ1) is 14.8. The van der Waals surface area contributed by atoms with E-state index in [-0.39, 0.29) is 0 Å². The average Bonchev–Trinajstić information content (AvgIpc) is 2.53. The van der Waals surface area contributed by atoms with E-state index in [1.54, 1.807) is 0 Å². The second-order valence-corrected chi connectivity index (χ2v) is 7.39. The van der Waals surface area contributed by atoms with Gasteiger partial charge in [0.1, 0.15) is 0 Å². The van der Waals surface area contributed by atoms with Crippen molar-refractivity contribution in [2.75, 3.05) is 18.0 Å². The standard InChI is InChI=1S/C17H24N2OS/c18-14-6-2-1-5-13(14)9-10-17(20)19-11-12-21-16-8-4-3-7-15(16)19/h1-2,5-6,15-16H,3-4,7-12,18H2.